The molecule has 1 aromatic heterocycles. The van der Waals surface area contributed by atoms with Crippen molar-refractivity contribution in [1.82, 2.24) is 20.6 Å². The van der Waals surface area contributed by atoms with Crippen LogP contribution in [0.4, 0.5) is 11.4 Å². The first-order chi connectivity index (χ1) is 10.0. The van der Waals surface area contributed by atoms with E-state index in [9.17, 15) is 10.1 Å². The van der Waals surface area contributed by atoms with E-state index in [-0.39, 0.29) is 17.1 Å². The molecule has 2 N–H and O–H groups in total. The van der Waals surface area contributed by atoms with Gasteiger partial charge in [0.25, 0.3) is 5.69 Å². The third-order valence-electron chi connectivity index (χ3n) is 2.31. The number of nitrogens with one attached hydrogen (secondary N) is 2. The molecule has 106 valence electrons. The van der Waals surface area contributed by atoms with Crippen LogP contribution >= 0.6 is 31.9 Å². The smallest absolute Gasteiger partial charge is 0.284 e. The number of aromatic amines is 1. The molecular formula is C10H5Br2N7O2. The molecule has 0 unspecified atom stereocenters. The van der Waals surface area contributed by atoms with Gasteiger partial charge in [0.2, 0.25) is 5.82 Å². The minimum atomic E-state index is -0.505. The molecule has 0 saturated carbocycles. The molecule has 0 fully saturated rings. The van der Waals surface area contributed by atoms with Gasteiger partial charge in [-0.1, -0.05) is 0 Å². The lowest BCUT2D eigenvalue weighted by Crippen LogP contribution is -1.96. The first kappa shape index (κ1) is 15.1. The number of anilines is 1. The monoisotopic (exact) mass is 413 g/mol. The highest BCUT2D eigenvalue weighted by Gasteiger charge is 2.15. The van der Waals surface area contributed by atoms with Crippen LogP contribution in [-0.4, -0.2) is 25.5 Å². The highest BCUT2D eigenvalue weighted by Crippen LogP contribution is 2.34. The molecule has 9 nitrogen and oxygen atoms in total. The van der Waals surface area contributed by atoms with Crippen LogP contribution in [0.2, 0.25) is 0 Å². The van der Waals surface area contributed by atoms with Crippen LogP contribution < -0.4 is 5.32 Å². The lowest BCUT2D eigenvalue weighted by molar-refractivity contribution is -0.385. The van der Waals surface area contributed by atoms with E-state index >= 15 is 0 Å². The van der Waals surface area contributed by atoms with E-state index in [0.29, 0.717) is 14.6 Å². The number of halogens is 2. The van der Waals surface area contributed by atoms with E-state index in [4.69, 9.17) is 5.26 Å². The summed E-state index contributed by atoms with van der Waals surface area (Å²) in [6.07, 6.45) is 1.38. The molecule has 11 heteroatoms. The van der Waals surface area contributed by atoms with Crippen LogP contribution in [0.25, 0.3) is 5.57 Å². The molecule has 2 rings (SSSR count). The quantitative estimate of drug-likeness (QED) is 0.446. The maximum Gasteiger partial charge on any atom is 0.284 e. The van der Waals surface area contributed by atoms with E-state index in [2.05, 4.69) is 57.8 Å². The molecule has 0 saturated heterocycles. The highest BCUT2D eigenvalue weighted by atomic mass is 79.9. The van der Waals surface area contributed by atoms with Gasteiger partial charge < -0.3 is 5.32 Å². The second-order valence-electron chi connectivity index (χ2n) is 3.59. The molecule has 21 heavy (non-hydrogen) atoms. The molecule has 0 amide bonds. The summed E-state index contributed by atoms with van der Waals surface area (Å²) in [6.45, 7) is 0. The maximum absolute atomic E-state index is 10.8. The zero-order valence-electron chi connectivity index (χ0n) is 10.0. The zero-order chi connectivity index (χ0) is 15.4. The topological polar surface area (TPSA) is 133 Å². The van der Waals surface area contributed by atoms with Crippen LogP contribution in [0.15, 0.2) is 27.3 Å². The number of aromatic nitrogens is 4. The summed E-state index contributed by atoms with van der Waals surface area (Å²) >= 11 is 6.34. The van der Waals surface area contributed by atoms with E-state index in [1.54, 1.807) is 0 Å². The van der Waals surface area contributed by atoms with Gasteiger partial charge in [0, 0.05) is 16.7 Å². The number of nitro groups is 1. The molecule has 0 aliphatic heterocycles. The van der Waals surface area contributed by atoms with Crippen molar-refractivity contribution in [3.63, 3.8) is 0 Å². The Balaban J connectivity index is 2.30. The molecule has 0 aliphatic carbocycles. The van der Waals surface area contributed by atoms with Crippen LogP contribution in [-0.2, 0) is 0 Å². The summed E-state index contributed by atoms with van der Waals surface area (Å²) in [5.74, 6) is 0.141. The normalized spacial score (nSPS) is 11.0. The summed E-state index contributed by atoms with van der Waals surface area (Å²) in [6, 6.07) is 4.78. The van der Waals surface area contributed by atoms with Gasteiger partial charge in [0.05, 0.1) is 15.1 Å². The van der Waals surface area contributed by atoms with Crippen LogP contribution in [0, 0.1) is 21.4 Å². The Morgan fingerprint density at radius 1 is 1.48 bits per heavy atom. The minimum absolute atomic E-state index is 0.0740. The molecule has 1 heterocycles. The van der Waals surface area contributed by atoms with Gasteiger partial charge in [-0.05, 0) is 43.1 Å². The first-order valence-corrected chi connectivity index (χ1v) is 6.85. The Morgan fingerprint density at radius 3 is 2.81 bits per heavy atom. The predicted molar refractivity (Wildman–Crippen MR) is 79.9 cm³/mol. The second kappa shape index (κ2) is 6.42. The fourth-order valence-electron chi connectivity index (χ4n) is 1.36. The Hall–Kier alpha value is -2.32. The average Bonchev–Trinajstić information content (AvgIpc) is 2.96. The number of benzene rings is 1. The SMILES string of the molecule is N#CC(=CNc1cc(Br)c([N+](=O)[O-])cc1Br)c1nn[nH]n1. The number of allylic oxidation sites excluding steroid dienone is 1. The van der Waals surface area contributed by atoms with Crippen molar-refractivity contribution >= 4 is 48.8 Å². The van der Waals surface area contributed by atoms with Gasteiger partial charge in [-0.3, -0.25) is 10.1 Å². The third-order valence-corrected chi connectivity index (χ3v) is 3.60. The Bertz CT molecular complexity index is 752. The largest absolute Gasteiger partial charge is 0.359 e. The number of H-pyrrole nitrogens is 1. The molecule has 0 bridgehead atoms. The van der Waals surface area contributed by atoms with E-state index in [1.165, 1.54) is 18.3 Å². The zero-order valence-corrected chi connectivity index (χ0v) is 13.2. The van der Waals surface area contributed by atoms with E-state index < -0.39 is 4.92 Å². The summed E-state index contributed by atoms with van der Waals surface area (Å²) in [7, 11) is 0. The number of hydrogen-bond donors (Lipinski definition) is 2. The fourth-order valence-corrected chi connectivity index (χ4v) is 2.29. The van der Waals surface area contributed by atoms with Gasteiger partial charge in [0.15, 0.2) is 0 Å². The maximum atomic E-state index is 10.8. The van der Waals surface area contributed by atoms with E-state index in [0.717, 1.165) is 0 Å². The number of nitriles is 1. The molecule has 0 atom stereocenters. The number of nitrogens with zero attached hydrogens (tertiary/aromatic N) is 5. The van der Waals surface area contributed by atoms with Crippen molar-refractivity contribution < 1.29 is 4.92 Å². The highest BCUT2D eigenvalue weighted by molar-refractivity contribution is 9.11. The van der Waals surface area contributed by atoms with Gasteiger partial charge in [-0.25, -0.2) is 0 Å². The van der Waals surface area contributed by atoms with Crippen LogP contribution in [0.5, 0.6) is 0 Å². The van der Waals surface area contributed by atoms with Crippen LogP contribution in [0.1, 0.15) is 5.82 Å². The van der Waals surface area contributed by atoms with Gasteiger partial charge >= 0.3 is 0 Å². The summed E-state index contributed by atoms with van der Waals surface area (Å²) in [5, 5.41) is 35.7. The van der Waals surface area contributed by atoms with Crippen molar-refractivity contribution in [2.45, 2.75) is 0 Å². The van der Waals surface area contributed by atoms with Crippen molar-refractivity contribution in [2.24, 2.45) is 0 Å². The lowest BCUT2D eigenvalue weighted by Gasteiger charge is -2.06. The third kappa shape index (κ3) is 3.41. The second-order valence-corrected chi connectivity index (χ2v) is 5.30. The summed E-state index contributed by atoms with van der Waals surface area (Å²) < 4.78 is 0.781. The fraction of sp³-hybridized carbons (Fsp3) is 0. The Morgan fingerprint density at radius 2 is 2.24 bits per heavy atom. The van der Waals surface area contributed by atoms with Crippen molar-refractivity contribution in [1.29, 1.82) is 5.26 Å². The first-order valence-electron chi connectivity index (χ1n) is 5.27. The molecule has 1 aromatic carbocycles. The molecule has 0 radical (unpaired) electrons. The number of nitro benzene ring substituents is 1. The number of rotatable bonds is 4. The average molecular weight is 415 g/mol. The van der Waals surface area contributed by atoms with Crippen molar-refractivity contribution in [3.05, 3.63) is 43.2 Å². The number of hydrogen-bond acceptors (Lipinski definition) is 7. The Kier molecular flexibility index (Phi) is 4.61. The molecular weight excluding hydrogens is 410 g/mol. The van der Waals surface area contributed by atoms with Crippen molar-refractivity contribution in [3.8, 4) is 6.07 Å². The molecule has 0 spiro atoms. The standard InChI is InChI=1S/C10H5Br2N7O2/c11-6-2-9(19(20)21)7(12)1-8(6)14-4-5(3-13)10-15-17-18-16-10/h1-2,4,14H,(H,15,16,17,18). The van der Waals surface area contributed by atoms with Gasteiger partial charge in [-0.15, -0.1) is 10.2 Å². The molecule has 2 aromatic rings. The minimum Gasteiger partial charge on any atom is -0.359 e. The predicted octanol–water partition coefficient (Wildman–Crippen LogP) is 2.61. The van der Waals surface area contributed by atoms with Gasteiger partial charge in [0.1, 0.15) is 11.6 Å². The summed E-state index contributed by atoms with van der Waals surface area (Å²) in [4.78, 5) is 10.3. The van der Waals surface area contributed by atoms with Crippen LogP contribution in [0.3, 0.4) is 0 Å². The van der Waals surface area contributed by atoms with Crippen molar-refractivity contribution in [2.75, 3.05) is 5.32 Å². The lowest BCUT2D eigenvalue weighted by atomic mass is 10.2. The molecule has 0 aliphatic rings. The van der Waals surface area contributed by atoms with Gasteiger partial charge in [-0.2, -0.15) is 10.5 Å². The summed E-state index contributed by atoms with van der Waals surface area (Å²) in [5.41, 5.74) is 0.615. The Labute approximate surface area is 134 Å². The van der Waals surface area contributed by atoms with E-state index in [1.807, 2.05) is 6.07 Å². The number of tetrazole rings is 1.